The van der Waals surface area contributed by atoms with Crippen LogP contribution in [-0.4, -0.2) is 30.1 Å². The van der Waals surface area contributed by atoms with E-state index in [4.69, 9.17) is 5.26 Å². The standard InChI is InChI=1S/C10H15N5/c1-8(4-12-2)5-14-10-7-13-9(3-11)6-15-10/h6-8,12H,4-5H2,1-2H3,(H,14,15). The number of nitriles is 1. The van der Waals surface area contributed by atoms with Gasteiger partial charge in [0.2, 0.25) is 0 Å². The second-order valence-corrected chi connectivity index (χ2v) is 3.44. The molecule has 1 unspecified atom stereocenters. The minimum atomic E-state index is 0.337. The van der Waals surface area contributed by atoms with E-state index in [0.717, 1.165) is 13.1 Å². The normalized spacial score (nSPS) is 11.8. The summed E-state index contributed by atoms with van der Waals surface area (Å²) in [7, 11) is 1.93. The van der Waals surface area contributed by atoms with Gasteiger partial charge < -0.3 is 10.6 Å². The summed E-state index contributed by atoms with van der Waals surface area (Å²) >= 11 is 0. The van der Waals surface area contributed by atoms with Gasteiger partial charge in [0.1, 0.15) is 11.9 Å². The van der Waals surface area contributed by atoms with Crippen LogP contribution >= 0.6 is 0 Å². The lowest BCUT2D eigenvalue weighted by Crippen LogP contribution is -2.23. The highest BCUT2D eigenvalue weighted by molar-refractivity contribution is 5.32. The van der Waals surface area contributed by atoms with Crippen molar-refractivity contribution in [1.82, 2.24) is 15.3 Å². The van der Waals surface area contributed by atoms with E-state index >= 15 is 0 Å². The summed E-state index contributed by atoms with van der Waals surface area (Å²) in [5.41, 5.74) is 0.337. The zero-order valence-electron chi connectivity index (χ0n) is 8.99. The number of hydrogen-bond donors (Lipinski definition) is 2. The third-order valence-electron chi connectivity index (χ3n) is 1.95. The average Bonchev–Trinajstić information content (AvgIpc) is 2.27. The topological polar surface area (TPSA) is 73.6 Å². The first-order valence-electron chi connectivity index (χ1n) is 4.87. The van der Waals surface area contributed by atoms with Crippen LogP contribution in [0.2, 0.25) is 0 Å². The Balaban J connectivity index is 2.41. The molecule has 15 heavy (non-hydrogen) atoms. The predicted molar refractivity (Wildman–Crippen MR) is 58.3 cm³/mol. The Morgan fingerprint density at radius 1 is 1.40 bits per heavy atom. The minimum absolute atomic E-state index is 0.337. The Kier molecular flexibility index (Phi) is 4.51. The van der Waals surface area contributed by atoms with Crippen molar-refractivity contribution < 1.29 is 0 Å². The molecule has 0 amide bonds. The number of nitrogens with one attached hydrogen (secondary N) is 2. The summed E-state index contributed by atoms with van der Waals surface area (Å²) in [6, 6.07) is 1.93. The largest absolute Gasteiger partial charge is 0.368 e. The molecule has 5 nitrogen and oxygen atoms in total. The van der Waals surface area contributed by atoms with E-state index in [2.05, 4.69) is 27.5 Å². The third-order valence-corrected chi connectivity index (χ3v) is 1.95. The molecule has 1 atom stereocenters. The molecule has 0 radical (unpaired) electrons. The lowest BCUT2D eigenvalue weighted by Gasteiger charge is -2.11. The van der Waals surface area contributed by atoms with Gasteiger partial charge in [0.05, 0.1) is 12.4 Å². The van der Waals surface area contributed by atoms with E-state index in [1.54, 1.807) is 6.20 Å². The van der Waals surface area contributed by atoms with E-state index in [1.165, 1.54) is 6.20 Å². The highest BCUT2D eigenvalue weighted by Gasteiger charge is 2.01. The maximum Gasteiger partial charge on any atom is 0.158 e. The number of anilines is 1. The van der Waals surface area contributed by atoms with Gasteiger partial charge in [-0.25, -0.2) is 9.97 Å². The molecule has 1 heterocycles. The molecule has 0 fully saturated rings. The molecular formula is C10H15N5. The first-order valence-corrected chi connectivity index (χ1v) is 4.87. The van der Waals surface area contributed by atoms with Crippen LogP contribution in [0.4, 0.5) is 5.82 Å². The number of hydrogen-bond acceptors (Lipinski definition) is 5. The van der Waals surface area contributed by atoms with Gasteiger partial charge in [-0.1, -0.05) is 6.92 Å². The molecule has 0 saturated heterocycles. The monoisotopic (exact) mass is 205 g/mol. The Bertz CT molecular complexity index is 327. The molecule has 1 aromatic rings. The van der Waals surface area contributed by atoms with E-state index in [0.29, 0.717) is 17.4 Å². The van der Waals surface area contributed by atoms with Crippen LogP contribution in [0, 0.1) is 17.2 Å². The second kappa shape index (κ2) is 5.94. The quantitative estimate of drug-likeness (QED) is 0.737. The van der Waals surface area contributed by atoms with Crippen molar-refractivity contribution in [2.45, 2.75) is 6.92 Å². The Hall–Kier alpha value is -1.67. The van der Waals surface area contributed by atoms with Gasteiger partial charge in [0.25, 0.3) is 0 Å². The van der Waals surface area contributed by atoms with Gasteiger partial charge in [-0.3, -0.25) is 0 Å². The predicted octanol–water partition coefficient (Wildman–Crippen LogP) is 0.616. The van der Waals surface area contributed by atoms with Crippen molar-refractivity contribution in [2.75, 3.05) is 25.5 Å². The molecule has 80 valence electrons. The van der Waals surface area contributed by atoms with Gasteiger partial charge in [-0.2, -0.15) is 5.26 Å². The summed E-state index contributed by atoms with van der Waals surface area (Å²) in [5, 5.41) is 14.8. The fourth-order valence-electron chi connectivity index (χ4n) is 1.18. The molecule has 0 bridgehead atoms. The molecule has 1 rings (SSSR count). The molecule has 5 heteroatoms. The van der Waals surface area contributed by atoms with Crippen molar-refractivity contribution in [3.8, 4) is 6.07 Å². The van der Waals surface area contributed by atoms with Crippen LogP contribution in [0.5, 0.6) is 0 Å². The highest BCUT2D eigenvalue weighted by atomic mass is 15.0. The number of aromatic nitrogens is 2. The molecule has 0 spiro atoms. The maximum absolute atomic E-state index is 8.54. The van der Waals surface area contributed by atoms with Gasteiger partial charge in [0, 0.05) is 6.54 Å². The van der Waals surface area contributed by atoms with Crippen LogP contribution < -0.4 is 10.6 Å². The zero-order valence-corrected chi connectivity index (χ0v) is 8.99. The molecule has 0 aliphatic rings. The minimum Gasteiger partial charge on any atom is -0.368 e. The first kappa shape index (κ1) is 11.4. The Morgan fingerprint density at radius 3 is 2.73 bits per heavy atom. The molecule has 0 aliphatic carbocycles. The Labute approximate surface area is 89.6 Å². The first-order chi connectivity index (χ1) is 7.26. The van der Waals surface area contributed by atoms with Gasteiger partial charge >= 0.3 is 0 Å². The lowest BCUT2D eigenvalue weighted by atomic mass is 10.2. The van der Waals surface area contributed by atoms with E-state index in [9.17, 15) is 0 Å². The smallest absolute Gasteiger partial charge is 0.158 e. The number of rotatable bonds is 5. The van der Waals surface area contributed by atoms with Crippen LogP contribution in [0.3, 0.4) is 0 Å². The second-order valence-electron chi connectivity index (χ2n) is 3.44. The van der Waals surface area contributed by atoms with Crippen molar-refractivity contribution in [3.63, 3.8) is 0 Å². The van der Waals surface area contributed by atoms with E-state index in [1.807, 2.05) is 13.1 Å². The Morgan fingerprint density at radius 2 is 2.20 bits per heavy atom. The van der Waals surface area contributed by atoms with E-state index < -0.39 is 0 Å². The zero-order chi connectivity index (χ0) is 11.1. The van der Waals surface area contributed by atoms with Crippen molar-refractivity contribution in [2.24, 2.45) is 5.92 Å². The summed E-state index contributed by atoms with van der Waals surface area (Å²) in [4.78, 5) is 7.98. The summed E-state index contributed by atoms with van der Waals surface area (Å²) < 4.78 is 0. The third kappa shape index (κ3) is 3.92. The van der Waals surface area contributed by atoms with Gasteiger partial charge in [0.15, 0.2) is 5.69 Å². The number of nitrogens with zero attached hydrogens (tertiary/aromatic N) is 3. The van der Waals surface area contributed by atoms with Crippen LogP contribution in [0.25, 0.3) is 0 Å². The van der Waals surface area contributed by atoms with Gasteiger partial charge in [-0.15, -0.1) is 0 Å². The van der Waals surface area contributed by atoms with E-state index in [-0.39, 0.29) is 0 Å². The summed E-state index contributed by atoms with van der Waals surface area (Å²) in [6.07, 6.45) is 3.04. The fourth-order valence-corrected chi connectivity index (χ4v) is 1.18. The average molecular weight is 205 g/mol. The van der Waals surface area contributed by atoms with Crippen molar-refractivity contribution in [3.05, 3.63) is 18.1 Å². The highest BCUT2D eigenvalue weighted by Crippen LogP contribution is 2.01. The van der Waals surface area contributed by atoms with Crippen LogP contribution in [0.1, 0.15) is 12.6 Å². The molecule has 2 N–H and O–H groups in total. The van der Waals surface area contributed by atoms with Crippen molar-refractivity contribution in [1.29, 1.82) is 5.26 Å². The molecule has 0 aliphatic heterocycles. The van der Waals surface area contributed by atoms with Crippen LogP contribution in [-0.2, 0) is 0 Å². The molecular weight excluding hydrogens is 190 g/mol. The van der Waals surface area contributed by atoms with Crippen LogP contribution in [0.15, 0.2) is 12.4 Å². The molecule has 0 aromatic carbocycles. The fraction of sp³-hybridized carbons (Fsp3) is 0.500. The van der Waals surface area contributed by atoms with Gasteiger partial charge in [-0.05, 0) is 19.5 Å². The molecule has 1 aromatic heterocycles. The molecule has 0 saturated carbocycles. The SMILES string of the molecule is CNCC(C)CNc1cnc(C#N)cn1. The summed E-state index contributed by atoms with van der Waals surface area (Å²) in [6.45, 7) is 3.93. The van der Waals surface area contributed by atoms with Crippen molar-refractivity contribution >= 4 is 5.82 Å². The lowest BCUT2D eigenvalue weighted by molar-refractivity contribution is 0.568. The maximum atomic E-state index is 8.54. The summed E-state index contributed by atoms with van der Waals surface area (Å²) in [5.74, 6) is 1.23.